The Morgan fingerprint density at radius 2 is 0.639 bits per heavy atom. The highest BCUT2D eigenvalue weighted by atomic mass is 16.5. The lowest BCUT2D eigenvalue weighted by molar-refractivity contribution is 0.0600. The first-order valence-corrected chi connectivity index (χ1v) is 30.7. The van der Waals surface area contributed by atoms with Crippen molar-refractivity contribution in [1.29, 1.82) is 0 Å². The first kappa shape index (κ1) is 33.8. The van der Waals surface area contributed by atoms with Gasteiger partial charge < -0.3 is 9.64 Å². The van der Waals surface area contributed by atoms with Gasteiger partial charge in [0.1, 0.15) is 5.54 Å². The average molecular weight is 1030 g/mol. The van der Waals surface area contributed by atoms with Crippen LogP contribution in [0.15, 0.2) is 54.6 Å². The number of benzene rings is 19. The quantitative estimate of drug-likeness (QED) is 0.127. The molecule has 0 N–H and O–H groups in total. The van der Waals surface area contributed by atoms with Gasteiger partial charge in [-0.1, -0.05) is 30.3 Å². The minimum Gasteiger partial charge on any atom is -0.465 e. The number of methoxy groups -OCH3 is 1. The Morgan fingerprint density at radius 3 is 1.04 bits per heavy atom. The summed E-state index contributed by atoms with van der Waals surface area (Å²) in [5.41, 5.74) is 12.2. The van der Waals surface area contributed by atoms with Gasteiger partial charge in [-0.05, 0) is 350 Å². The summed E-state index contributed by atoms with van der Waals surface area (Å²) in [7, 11) is 1.55. The summed E-state index contributed by atoms with van der Waals surface area (Å²) in [5.74, 6) is -0.254. The molecule has 29 aromatic rings. The highest BCUT2D eigenvalue weighted by Gasteiger charge is 2.68. The van der Waals surface area contributed by atoms with Crippen LogP contribution >= 0.6 is 0 Å². The summed E-state index contributed by atoms with van der Waals surface area (Å²) in [4.78, 5) is 19.8. The normalized spacial score (nSPS) is 21.5. The van der Waals surface area contributed by atoms with Gasteiger partial charge >= 0.3 is 5.97 Å². The van der Waals surface area contributed by atoms with Crippen LogP contribution in [0.2, 0.25) is 0 Å². The van der Waals surface area contributed by atoms with Crippen LogP contribution in [0.25, 0.3) is 280 Å². The molecule has 360 valence electrons. The van der Waals surface area contributed by atoms with E-state index in [9.17, 15) is 4.79 Å². The molecule has 4 nitrogen and oxygen atoms in total. The molecule has 35 rings (SSSR count). The molecular formula is C79H22N2O2. The van der Waals surface area contributed by atoms with Crippen LogP contribution in [0, 0.1) is 0 Å². The first-order chi connectivity index (χ1) is 41.2. The fourth-order valence-electron chi connectivity index (χ4n) is 27.3. The molecular weight excluding hydrogens is 1010 g/mol. The molecule has 2 atom stereocenters. The van der Waals surface area contributed by atoms with Crippen molar-refractivity contribution in [1.82, 2.24) is 4.90 Å². The van der Waals surface area contributed by atoms with Crippen molar-refractivity contribution in [3.05, 3.63) is 99.1 Å². The standard InChI is InChI=1S/C79H22N2O2/c1-83-77(82)17-7-5-6-16(14-17)15-78-71-63-54-47-34-27-21-22-24-20-19-23(21)32(34)38-36-25(19)29-26(20)37-39-33(24)35-28(22)31-30(27)41-49-42(31)51-48(35)55-53(39)57-44(37)46-40(29)45-43(36)56(52(38)54)67(71)69-58(45)59(46)70-68(57)72-64(55)61(51)66-62(49)65(60(63)50(41)47)73(78)75(66)79(72,76(70)74(69)78)81-12-10-80(11-13-81)18-8-3-2-4-9-18/h2-9,14H,10-13,15H2,1H3. The van der Waals surface area contributed by atoms with Gasteiger partial charge in [0.15, 0.2) is 0 Å². The van der Waals surface area contributed by atoms with E-state index in [-0.39, 0.29) is 5.97 Å². The zero-order valence-corrected chi connectivity index (χ0v) is 43.4. The first-order valence-electron chi connectivity index (χ1n) is 30.7. The maximum absolute atomic E-state index is 13.9. The maximum Gasteiger partial charge on any atom is 0.337 e. The van der Waals surface area contributed by atoms with Crippen LogP contribution in [0.1, 0.15) is 49.3 Å². The summed E-state index contributed by atoms with van der Waals surface area (Å²) in [6.07, 6.45) is 0.799. The number of hydrogen-bond acceptors (Lipinski definition) is 4. The van der Waals surface area contributed by atoms with Crippen molar-refractivity contribution < 1.29 is 9.53 Å². The highest BCUT2D eigenvalue weighted by molar-refractivity contribution is 6.81. The van der Waals surface area contributed by atoms with E-state index in [1.165, 1.54) is 11.3 Å². The van der Waals surface area contributed by atoms with Gasteiger partial charge in [-0.2, -0.15) is 0 Å². The van der Waals surface area contributed by atoms with Crippen molar-refractivity contribution in [2.75, 3.05) is 38.2 Å². The Bertz CT molecular complexity index is 8130. The second kappa shape index (κ2) is 8.34. The van der Waals surface area contributed by atoms with Gasteiger partial charge in [-0.25, -0.2) is 4.79 Å². The SMILES string of the molecule is COC(=O)c1cccc(CC23c4c5c6c7c8c9c%10c%11c(c2c2c%12c3c3c%13c4c6c4c6c%13c%13c3c3c%12c%12c%14c2c%11c2c%11c%10c%10c8c8c7c4c4c6c6c%13c7c3c%12c3c(c%142)c2c%11c%10c%10c8c4c4c%10c2c3c7c64)C59N2CCN(c3ccccc3)CC2)c1. The van der Waals surface area contributed by atoms with Crippen LogP contribution in [-0.2, 0) is 22.1 Å². The number of piperazine rings is 1. The fourth-order valence-corrected chi connectivity index (χ4v) is 27.3. The Kier molecular flexibility index (Phi) is 3.40. The third-order valence-corrected chi connectivity index (χ3v) is 28.1. The molecule has 0 amide bonds. The average Bonchev–Trinajstić information content (AvgIpc) is 1.40. The van der Waals surface area contributed by atoms with Crippen molar-refractivity contribution in [3.8, 4) is 0 Å². The van der Waals surface area contributed by atoms with Gasteiger partial charge in [-0.15, -0.1) is 0 Å². The van der Waals surface area contributed by atoms with Crippen LogP contribution in [0.4, 0.5) is 5.69 Å². The number of hydrogen-bond donors (Lipinski definition) is 0. The molecule has 0 radical (unpaired) electrons. The largest absolute Gasteiger partial charge is 0.465 e. The molecule has 5 aliphatic carbocycles. The maximum atomic E-state index is 13.9. The zero-order valence-electron chi connectivity index (χ0n) is 43.4. The Hall–Kier alpha value is -9.87. The number of rotatable bonds is 5. The minimum atomic E-state index is -0.522. The molecule has 0 bridgehead atoms. The van der Waals surface area contributed by atoms with Gasteiger partial charge in [0, 0.05) is 31.9 Å². The van der Waals surface area contributed by atoms with E-state index >= 15 is 0 Å². The van der Waals surface area contributed by atoms with Crippen molar-refractivity contribution in [2.24, 2.45) is 0 Å². The molecule has 6 aliphatic rings. The molecule has 1 saturated heterocycles. The van der Waals surface area contributed by atoms with Crippen molar-refractivity contribution >= 4 is 292 Å². The lowest BCUT2D eigenvalue weighted by atomic mass is 9.54. The molecule has 29 aromatic carbocycles. The zero-order chi connectivity index (χ0) is 50.6. The van der Waals surface area contributed by atoms with E-state index in [0.29, 0.717) is 5.56 Å². The van der Waals surface area contributed by atoms with E-state index in [0.717, 1.165) is 32.6 Å². The van der Waals surface area contributed by atoms with Crippen LogP contribution in [0.3, 0.4) is 0 Å². The van der Waals surface area contributed by atoms with E-state index in [1.54, 1.807) is 321 Å². The number of nitrogens with zero attached hydrogens (tertiary/aromatic N) is 2. The van der Waals surface area contributed by atoms with E-state index < -0.39 is 11.0 Å². The minimum absolute atomic E-state index is 0.254. The summed E-state index contributed by atoms with van der Waals surface area (Å²) < 4.78 is 5.58. The second-order valence-electron chi connectivity index (χ2n) is 29.0. The molecule has 1 heterocycles. The number of carbonyl (C=O) groups excluding carboxylic acids is 1. The van der Waals surface area contributed by atoms with Gasteiger partial charge in [0.05, 0.1) is 18.1 Å². The van der Waals surface area contributed by atoms with Crippen LogP contribution in [0.5, 0.6) is 0 Å². The molecule has 1 fully saturated rings. The third kappa shape index (κ3) is 2.10. The van der Waals surface area contributed by atoms with E-state index in [1.807, 2.05) is 6.07 Å². The number of carbonyl (C=O) groups is 1. The topological polar surface area (TPSA) is 32.8 Å². The van der Waals surface area contributed by atoms with Crippen molar-refractivity contribution in [2.45, 2.75) is 17.4 Å². The van der Waals surface area contributed by atoms with E-state index in [2.05, 4.69) is 58.3 Å². The molecule has 83 heavy (non-hydrogen) atoms. The molecule has 0 spiro atoms. The summed E-state index contributed by atoms with van der Waals surface area (Å²) in [6.45, 7) is 3.93. The summed E-state index contributed by atoms with van der Waals surface area (Å²) in [6, 6.07) is 20.1. The molecule has 0 aromatic heterocycles. The molecule has 1 aliphatic heterocycles. The van der Waals surface area contributed by atoms with Gasteiger partial charge in [0.2, 0.25) is 0 Å². The Balaban J connectivity index is 0.991. The predicted octanol–water partition coefficient (Wildman–Crippen LogP) is 18.8. The van der Waals surface area contributed by atoms with E-state index in [4.69, 9.17) is 4.74 Å². The molecule has 2 unspecified atom stereocenters. The molecule has 4 heteroatoms. The van der Waals surface area contributed by atoms with Gasteiger partial charge in [-0.3, -0.25) is 4.90 Å². The number of ether oxygens (including phenoxy) is 1. The third-order valence-electron chi connectivity index (χ3n) is 28.1. The molecule has 0 saturated carbocycles. The van der Waals surface area contributed by atoms with Crippen LogP contribution < -0.4 is 4.90 Å². The summed E-state index contributed by atoms with van der Waals surface area (Å²) >= 11 is 0. The lowest BCUT2D eigenvalue weighted by Crippen LogP contribution is -2.59. The number of anilines is 1. The summed E-state index contributed by atoms with van der Waals surface area (Å²) in [5, 5.41) is 84.2. The monoisotopic (exact) mass is 1030 g/mol. The number of esters is 1. The van der Waals surface area contributed by atoms with Gasteiger partial charge in [0.25, 0.3) is 0 Å². The Labute approximate surface area is 458 Å². The smallest absolute Gasteiger partial charge is 0.337 e. The predicted molar refractivity (Wildman–Crippen MR) is 344 cm³/mol. The number of para-hydroxylation sites is 1. The fraction of sp³-hybridized carbons (Fsp3) is 0.101. The highest BCUT2D eigenvalue weighted by Crippen LogP contribution is 2.84. The second-order valence-corrected chi connectivity index (χ2v) is 29.0. The lowest BCUT2D eigenvalue weighted by Gasteiger charge is -2.55. The van der Waals surface area contributed by atoms with Crippen LogP contribution in [-0.4, -0.2) is 44.2 Å². The Morgan fingerprint density at radius 1 is 0.337 bits per heavy atom. The van der Waals surface area contributed by atoms with Crippen molar-refractivity contribution in [3.63, 3.8) is 0 Å².